The molecule has 0 aliphatic carbocycles. The predicted octanol–water partition coefficient (Wildman–Crippen LogP) is 1.40. The Kier molecular flexibility index (Phi) is 6.32. The summed E-state index contributed by atoms with van der Waals surface area (Å²) in [7, 11) is 0. The Morgan fingerprint density at radius 2 is 2.21 bits per heavy atom. The highest BCUT2D eigenvalue weighted by atomic mass is 16.5. The van der Waals surface area contributed by atoms with Crippen LogP contribution in [0.5, 0.6) is 5.75 Å². The number of hydrazine groups is 1. The standard InChI is InChI=1S/C14H23N3O2/c1-4-17(11(2)3)8-9-19-13-7-5-6-12(10-13)14(18)16-15/h5-7,10-11H,4,8-9,15H2,1-3H3,(H,16,18). The Morgan fingerprint density at radius 1 is 1.47 bits per heavy atom. The monoisotopic (exact) mass is 265 g/mol. The summed E-state index contributed by atoms with van der Waals surface area (Å²) in [6.07, 6.45) is 0. The van der Waals surface area contributed by atoms with E-state index in [4.69, 9.17) is 10.6 Å². The Balaban J connectivity index is 2.51. The van der Waals surface area contributed by atoms with Crippen LogP contribution in [0.3, 0.4) is 0 Å². The van der Waals surface area contributed by atoms with Gasteiger partial charge < -0.3 is 4.74 Å². The molecular weight excluding hydrogens is 242 g/mol. The van der Waals surface area contributed by atoms with Gasteiger partial charge in [0.25, 0.3) is 5.91 Å². The van der Waals surface area contributed by atoms with Crippen LogP contribution in [0, 0.1) is 0 Å². The molecule has 5 heteroatoms. The number of hydrogen-bond donors (Lipinski definition) is 2. The minimum absolute atomic E-state index is 0.317. The van der Waals surface area contributed by atoms with Crippen LogP contribution in [-0.2, 0) is 0 Å². The van der Waals surface area contributed by atoms with Crippen molar-refractivity contribution in [2.45, 2.75) is 26.8 Å². The van der Waals surface area contributed by atoms with Crippen molar-refractivity contribution in [1.82, 2.24) is 10.3 Å². The molecule has 5 nitrogen and oxygen atoms in total. The zero-order chi connectivity index (χ0) is 14.3. The molecular formula is C14H23N3O2. The lowest BCUT2D eigenvalue weighted by molar-refractivity contribution is 0.0953. The van der Waals surface area contributed by atoms with Gasteiger partial charge in [0.05, 0.1) is 0 Å². The van der Waals surface area contributed by atoms with Crippen LogP contribution in [0.15, 0.2) is 24.3 Å². The lowest BCUT2D eigenvalue weighted by Gasteiger charge is -2.24. The van der Waals surface area contributed by atoms with Gasteiger partial charge in [0.15, 0.2) is 0 Å². The Morgan fingerprint density at radius 3 is 2.79 bits per heavy atom. The third-order valence-electron chi connectivity index (χ3n) is 3.01. The second-order valence-corrected chi connectivity index (χ2v) is 4.57. The van der Waals surface area contributed by atoms with Gasteiger partial charge in [-0.3, -0.25) is 15.1 Å². The summed E-state index contributed by atoms with van der Waals surface area (Å²) in [5.74, 6) is 5.46. The Bertz CT molecular complexity index is 407. The molecule has 106 valence electrons. The largest absolute Gasteiger partial charge is 0.492 e. The van der Waals surface area contributed by atoms with E-state index >= 15 is 0 Å². The van der Waals surface area contributed by atoms with Gasteiger partial charge in [0, 0.05) is 18.2 Å². The SMILES string of the molecule is CCN(CCOc1cccc(C(=O)NN)c1)C(C)C. The maximum absolute atomic E-state index is 11.4. The lowest BCUT2D eigenvalue weighted by atomic mass is 10.2. The number of nitrogen functional groups attached to an aromatic ring is 1. The molecule has 1 amide bonds. The first-order chi connectivity index (χ1) is 9.08. The van der Waals surface area contributed by atoms with E-state index in [1.54, 1.807) is 18.2 Å². The number of amides is 1. The Labute approximate surface area is 114 Å². The highest BCUT2D eigenvalue weighted by Gasteiger charge is 2.07. The number of ether oxygens (including phenoxy) is 1. The van der Waals surface area contributed by atoms with E-state index in [0.717, 1.165) is 13.1 Å². The fraction of sp³-hybridized carbons (Fsp3) is 0.500. The lowest BCUT2D eigenvalue weighted by Crippen LogP contribution is -2.34. The summed E-state index contributed by atoms with van der Waals surface area (Å²) < 4.78 is 5.66. The minimum Gasteiger partial charge on any atom is -0.492 e. The molecule has 0 aliphatic rings. The summed E-state index contributed by atoms with van der Waals surface area (Å²) in [5.41, 5.74) is 2.60. The number of rotatable bonds is 7. The van der Waals surface area contributed by atoms with Crippen molar-refractivity contribution in [2.75, 3.05) is 19.7 Å². The second-order valence-electron chi connectivity index (χ2n) is 4.57. The molecule has 0 aromatic heterocycles. The number of hydrogen-bond acceptors (Lipinski definition) is 4. The maximum Gasteiger partial charge on any atom is 0.265 e. The maximum atomic E-state index is 11.4. The van der Waals surface area contributed by atoms with Gasteiger partial charge >= 0.3 is 0 Å². The molecule has 0 aliphatic heterocycles. The highest BCUT2D eigenvalue weighted by molar-refractivity contribution is 5.94. The Hall–Kier alpha value is -1.59. The molecule has 1 rings (SSSR count). The van der Waals surface area contributed by atoms with E-state index in [0.29, 0.717) is 24.0 Å². The van der Waals surface area contributed by atoms with E-state index in [1.807, 2.05) is 6.07 Å². The number of nitrogens with zero attached hydrogens (tertiary/aromatic N) is 1. The zero-order valence-electron chi connectivity index (χ0n) is 11.8. The van der Waals surface area contributed by atoms with Crippen molar-refractivity contribution >= 4 is 5.91 Å². The average molecular weight is 265 g/mol. The van der Waals surface area contributed by atoms with Gasteiger partial charge in [0.2, 0.25) is 0 Å². The van der Waals surface area contributed by atoms with Crippen molar-refractivity contribution in [3.05, 3.63) is 29.8 Å². The summed E-state index contributed by atoms with van der Waals surface area (Å²) in [4.78, 5) is 13.7. The summed E-state index contributed by atoms with van der Waals surface area (Å²) in [6, 6.07) is 7.50. The van der Waals surface area contributed by atoms with E-state index < -0.39 is 0 Å². The van der Waals surface area contributed by atoms with Crippen molar-refractivity contribution in [3.8, 4) is 5.75 Å². The second kappa shape index (κ2) is 7.76. The van der Waals surface area contributed by atoms with Crippen molar-refractivity contribution in [2.24, 2.45) is 5.84 Å². The van der Waals surface area contributed by atoms with Crippen molar-refractivity contribution in [1.29, 1.82) is 0 Å². The van der Waals surface area contributed by atoms with Crippen LogP contribution in [0.25, 0.3) is 0 Å². The third-order valence-corrected chi connectivity index (χ3v) is 3.01. The van der Waals surface area contributed by atoms with Gasteiger partial charge in [-0.2, -0.15) is 0 Å². The molecule has 0 spiro atoms. The van der Waals surface area contributed by atoms with E-state index in [2.05, 4.69) is 31.1 Å². The van der Waals surface area contributed by atoms with Crippen LogP contribution < -0.4 is 16.0 Å². The quantitative estimate of drug-likeness (QED) is 0.444. The number of likely N-dealkylation sites (N-methyl/N-ethyl adjacent to an activating group) is 1. The molecule has 1 aromatic rings. The molecule has 19 heavy (non-hydrogen) atoms. The average Bonchev–Trinajstić information content (AvgIpc) is 2.42. The number of nitrogens with one attached hydrogen (secondary N) is 1. The summed E-state index contributed by atoms with van der Waals surface area (Å²) >= 11 is 0. The van der Waals surface area contributed by atoms with Gasteiger partial charge in [-0.05, 0) is 38.6 Å². The minimum atomic E-state index is -0.317. The highest BCUT2D eigenvalue weighted by Crippen LogP contribution is 2.13. The fourth-order valence-corrected chi connectivity index (χ4v) is 1.87. The van der Waals surface area contributed by atoms with Crippen molar-refractivity contribution in [3.63, 3.8) is 0 Å². The predicted molar refractivity (Wildman–Crippen MR) is 76.0 cm³/mol. The molecule has 0 radical (unpaired) electrons. The summed E-state index contributed by atoms with van der Waals surface area (Å²) in [6.45, 7) is 8.91. The van der Waals surface area contributed by atoms with Crippen LogP contribution in [0.2, 0.25) is 0 Å². The van der Waals surface area contributed by atoms with Crippen molar-refractivity contribution < 1.29 is 9.53 Å². The van der Waals surface area contributed by atoms with Crippen LogP contribution >= 0.6 is 0 Å². The van der Waals surface area contributed by atoms with E-state index in [-0.39, 0.29) is 5.91 Å². The molecule has 0 saturated heterocycles. The van der Waals surface area contributed by atoms with Gasteiger partial charge in [-0.25, -0.2) is 5.84 Å². The fourth-order valence-electron chi connectivity index (χ4n) is 1.87. The molecule has 0 saturated carbocycles. The van der Waals surface area contributed by atoms with Gasteiger partial charge in [-0.1, -0.05) is 13.0 Å². The normalized spacial score (nSPS) is 10.8. The topological polar surface area (TPSA) is 67.6 Å². The van der Waals surface area contributed by atoms with Crippen LogP contribution in [0.1, 0.15) is 31.1 Å². The number of nitrogens with two attached hydrogens (primary N) is 1. The molecule has 1 aromatic carbocycles. The summed E-state index contributed by atoms with van der Waals surface area (Å²) in [5, 5.41) is 0. The number of carbonyl (C=O) groups excluding carboxylic acids is 1. The molecule has 0 bridgehead atoms. The van der Waals surface area contributed by atoms with Gasteiger partial charge in [-0.15, -0.1) is 0 Å². The molecule has 0 fully saturated rings. The zero-order valence-corrected chi connectivity index (χ0v) is 11.8. The number of benzene rings is 1. The molecule has 0 atom stereocenters. The van der Waals surface area contributed by atoms with E-state index in [1.165, 1.54) is 0 Å². The van der Waals surface area contributed by atoms with Crippen LogP contribution in [0.4, 0.5) is 0 Å². The van der Waals surface area contributed by atoms with Crippen LogP contribution in [-0.4, -0.2) is 36.5 Å². The molecule has 0 unspecified atom stereocenters. The first-order valence-electron chi connectivity index (χ1n) is 6.56. The third kappa shape index (κ3) is 4.89. The smallest absolute Gasteiger partial charge is 0.265 e. The first kappa shape index (κ1) is 15.5. The molecule has 3 N–H and O–H groups in total. The number of carbonyl (C=O) groups is 1. The van der Waals surface area contributed by atoms with Gasteiger partial charge in [0.1, 0.15) is 12.4 Å². The van der Waals surface area contributed by atoms with E-state index in [9.17, 15) is 4.79 Å². The first-order valence-corrected chi connectivity index (χ1v) is 6.56. The molecule has 0 heterocycles.